The van der Waals surface area contributed by atoms with Crippen molar-refractivity contribution < 1.29 is 16.8 Å². The summed E-state index contributed by atoms with van der Waals surface area (Å²) in [6, 6.07) is 10.3. The van der Waals surface area contributed by atoms with Crippen molar-refractivity contribution in [3.8, 4) is 0 Å². The van der Waals surface area contributed by atoms with Crippen LogP contribution in [0.25, 0.3) is 0 Å². The van der Waals surface area contributed by atoms with Gasteiger partial charge in [0.1, 0.15) is 0 Å². The minimum absolute atomic E-state index is 1.32. The van der Waals surface area contributed by atoms with Gasteiger partial charge in [0.25, 0.3) is 0 Å². The first kappa shape index (κ1) is 13.5. The van der Waals surface area contributed by atoms with Crippen molar-refractivity contribution in [1.29, 1.82) is 0 Å². The molecule has 0 spiro atoms. The Labute approximate surface area is 90.0 Å². The fourth-order valence-corrected chi connectivity index (χ4v) is 1.02. The highest BCUT2D eigenvalue weighted by Crippen LogP contribution is 1.92. The quantitative estimate of drug-likeness (QED) is 0.693. The van der Waals surface area contributed by atoms with Gasteiger partial charge in [-0.1, -0.05) is 35.9 Å². The van der Waals surface area contributed by atoms with Gasteiger partial charge in [-0.15, -0.1) is 0 Å². The lowest BCUT2D eigenvalue weighted by Crippen LogP contribution is -1.62. The van der Waals surface area contributed by atoms with Gasteiger partial charge in [-0.05, 0) is 15.9 Å². The Morgan fingerprint density at radius 3 is 1.47 bits per heavy atom. The Kier molecular flexibility index (Phi) is 7.02. The van der Waals surface area contributed by atoms with Gasteiger partial charge in [0.05, 0.1) is 0 Å². The van der Waals surface area contributed by atoms with Crippen molar-refractivity contribution in [3.05, 3.63) is 35.9 Å². The highest BCUT2D eigenvalue weighted by atomic mass is 32.2. The molecule has 0 fully saturated rings. The summed E-state index contributed by atoms with van der Waals surface area (Å²) < 4.78 is 42.0. The van der Waals surface area contributed by atoms with Crippen LogP contribution in [0, 0.1) is 6.92 Å². The molecule has 0 bridgehead atoms. The molecule has 8 heteroatoms. The molecule has 82 valence electrons. The number of hydrogen-bond acceptors (Lipinski definition) is 4. The number of hydrogen-bond donors (Lipinski definition) is 0. The minimum atomic E-state index is -2.77. The second-order valence-corrected chi connectivity index (χ2v) is 3.45. The molecule has 0 radical (unpaired) electrons. The Bertz CT molecular complexity index is 496. The molecular weight excluding hydrogens is 240 g/mol. The van der Waals surface area contributed by atoms with Crippen molar-refractivity contribution in [2.24, 2.45) is 8.94 Å². The average Bonchev–Trinajstić information content (AvgIpc) is 2.17. The van der Waals surface area contributed by atoms with E-state index in [1.807, 2.05) is 18.2 Å². The number of benzene rings is 1. The largest absolute Gasteiger partial charge is 0.335 e. The predicted molar refractivity (Wildman–Crippen MR) is 53.9 cm³/mol. The maximum atomic E-state index is 9.37. The molecule has 0 unspecified atom stereocenters. The lowest BCUT2D eigenvalue weighted by Gasteiger charge is -1.82. The molecule has 0 saturated carbocycles. The Morgan fingerprint density at radius 1 is 0.867 bits per heavy atom. The molecule has 6 nitrogen and oxygen atoms in total. The molecule has 0 aliphatic carbocycles. The van der Waals surface area contributed by atoms with E-state index in [-0.39, 0.29) is 0 Å². The summed E-state index contributed by atoms with van der Waals surface area (Å²) in [4.78, 5) is 0. The zero-order chi connectivity index (χ0) is 11.7. The van der Waals surface area contributed by atoms with Gasteiger partial charge >= 0.3 is 21.0 Å². The standard InChI is InChI=1S/C7H8.N2O4S2/c1-7-5-3-2-4-6-7;3-7(4)1-2-8(5)6/h2-6H,1H3;. The first-order valence-corrected chi connectivity index (χ1v) is 5.71. The first-order valence-electron chi connectivity index (χ1n) is 3.64. The third kappa shape index (κ3) is 10.4. The SMILES string of the molecule is Cc1ccccc1.O=S(=O)=NN=S(=O)=O. The Balaban J connectivity index is 0.000000262. The Hall–Kier alpha value is -1.54. The van der Waals surface area contributed by atoms with Crippen LogP contribution in [-0.2, 0) is 21.0 Å². The van der Waals surface area contributed by atoms with Gasteiger partial charge in [0, 0.05) is 0 Å². The topological polar surface area (TPSA) is 93.0 Å². The van der Waals surface area contributed by atoms with E-state index in [1.165, 1.54) is 5.56 Å². The van der Waals surface area contributed by atoms with Crippen molar-refractivity contribution in [1.82, 2.24) is 0 Å². The highest BCUT2D eigenvalue weighted by Gasteiger charge is 1.72. The smallest absolute Gasteiger partial charge is 0.162 e. The van der Waals surface area contributed by atoms with E-state index in [2.05, 4.69) is 28.0 Å². The van der Waals surface area contributed by atoms with Crippen LogP contribution < -0.4 is 0 Å². The Morgan fingerprint density at radius 2 is 1.27 bits per heavy atom. The van der Waals surface area contributed by atoms with Crippen molar-refractivity contribution in [3.63, 3.8) is 0 Å². The second-order valence-electron chi connectivity index (χ2n) is 2.25. The van der Waals surface area contributed by atoms with E-state index in [9.17, 15) is 16.8 Å². The van der Waals surface area contributed by atoms with E-state index in [0.717, 1.165) is 0 Å². The van der Waals surface area contributed by atoms with E-state index >= 15 is 0 Å². The van der Waals surface area contributed by atoms with Crippen LogP contribution in [0.5, 0.6) is 0 Å². The molecule has 0 atom stereocenters. The maximum absolute atomic E-state index is 9.37. The van der Waals surface area contributed by atoms with Crippen LogP contribution >= 0.6 is 0 Å². The lowest BCUT2D eigenvalue weighted by atomic mass is 10.2. The van der Waals surface area contributed by atoms with E-state index < -0.39 is 21.0 Å². The molecule has 0 heterocycles. The molecule has 0 aliphatic rings. The van der Waals surface area contributed by atoms with Gasteiger partial charge in [0.15, 0.2) is 0 Å². The second kappa shape index (κ2) is 7.83. The van der Waals surface area contributed by atoms with Crippen molar-refractivity contribution in [2.75, 3.05) is 0 Å². The zero-order valence-corrected chi connectivity index (χ0v) is 9.36. The molecule has 15 heavy (non-hydrogen) atoms. The molecule has 0 amide bonds. The molecule has 0 aromatic heterocycles. The molecule has 1 aromatic carbocycles. The van der Waals surface area contributed by atoms with Crippen LogP contribution in [0.4, 0.5) is 0 Å². The normalized spacial score (nSPS) is 8.07. The zero-order valence-electron chi connectivity index (χ0n) is 7.73. The summed E-state index contributed by atoms with van der Waals surface area (Å²) in [5, 5.41) is 0. The number of aryl methyl sites for hydroxylation is 1. The summed E-state index contributed by atoms with van der Waals surface area (Å²) in [6.07, 6.45) is 0. The van der Waals surface area contributed by atoms with Gasteiger partial charge < -0.3 is 0 Å². The van der Waals surface area contributed by atoms with E-state index in [1.54, 1.807) is 0 Å². The number of rotatable bonds is 1. The summed E-state index contributed by atoms with van der Waals surface area (Å²) >= 11 is 0. The molecule has 0 N–H and O–H groups in total. The lowest BCUT2D eigenvalue weighted by molar-refractivity contribution is 0.614. The molecule has 0 aliphatic heterocycles. The third-order valence-corrected chi connectivity index (χ3v) is 1.64. The highest BCUT2D eigenvalue weighted by molar-refractivity contribution is 7.63. The third-order valence-electron chi connectivity index (χ3n) is 1.11. The summed E-state index contributed by atoms with van der Waals surface area (Å²) in [5.74, 6) is 0. The fraction of sp³-hybridized carbons (Fsp3) is 0.143. The molecular formula is C7H8N2O4S2. The van der Waals surface area contributed by atoms with Gasteiger partial charge in [0.2, 0.25) is 0 Å². The van der Waals surface area contributed by atoms with Crippen LogP contribution in [0.1, 0.15) is 5.56 Å². The van der Waals surface area contributed by atoms with E-state index in [0.29, 0.717) is 0 Å². The van der Waals surface area contributed by atoms with E-state index in [4.69, 9.17) is 0 Å². The van der Waals surface area contributed by atoms with Gasteiger partial charge in [-0.2, -0.15) is 16.8 Å². The molecule has 1 rings (SSSR count). The molecule has 0 saturated heterocycles. The summed E-state index contributed by atoms with van der Waals surface area (Å²) in [5.41, 5.74) is 1.32. The van der Waals surface area contributed by atoms with Crippen molar-refractivity contribution in [2.45, 2.75) is 6.92 Å². The van der Waals surface area contributed by atoms with Gasteiger partial charge in [-0.3, -0.25) is 0 Å². The average molecular weight is 248 g/mol. The van der Waals surface area contributed by atoms with Gasteiger partial charge in [-0.25, -0.2) is 0 Å². The van der Waals surface area contributed by atoms with Crippen molar-refractivity contribution >= 4 is 21.0 Å². The molecule has 1 aromatic rings. The minimum Gasteiger partial charge on any atom is -0.162 e. The maximum Gasteiger partial charge on any atom is 0.335 e. The van der Waals surface area contributed by atoms with Crippen LogP contribution in [0.2, 0.25) is 0 Å². The predicted octanol–water partition coefficient (Wildman–Crippen LogP) is 1.02. The van der Waals surface area contributed by atoms with Crippen LogP contribution in [0.15, 0.2) is 39.3 Å². The number of nitrogens with zero attached hydrogens (tertiary/aromatic N) is 2. The fourth-order valence-electron chi connectivity index (χ4n) is 0.589. The summed E-state index contributed by atoms with van der Waals surface area (Å²) in [6.45, 7) is 2.08. The van der Waals surface area contributed by atoms with Crippen LogP contribution in [0.3, 0.4) is 0 Å². The first-order chi connectivity index (χ1) is 7.02. The summed E-state index contributed by atoms with van der Waals surface area (Å²) in [7, 11) is -5.54. The monoisotopic (exact) mass is 248 g/mol. The van der Waals surface area contributed by atoms with Crippen LogP contribution in [-0.4, -0.2) is 16.8 Å².